The minimum Gasteiger partial charge on any atom is -0.487 e. The number of ether oxygens (including phenoxy) is 1. The van der Waals surface area contributed by atoms with Gasteiger partial charge in [0.2, 0.25) is 0 Å². The van der Waals surface area contributed by atoms with Crippen molar-refractivity contribution in [2.24, 2.45) is 0 Å². The number of β-amino-alcohol motifs (C(OH)–C–C–N with tert-alkyl or cyclic N) is 1. The molecule has 1 heterocycles. The Hall–Kier alpha value is -1.82. The first-order valence-corrected chi connectivity index (χ1v) is 6.96. The van der Waals surface area contributed by atoms with Gasteiger partial charge in [0, 0.05) is 13.1 Å². The van der Waals surface area contributed by atoms with Crippen molar-refractivity contribution in [1.82, 2.24) is 0 Å². The summed E-state index contributed by atoms with van der Waals surface area (Å²) in [5.41, 5.74) is 0.525. The highest BCUT2D eigenvalue weighted by Crippen LogP contribution is 2.38. The van der Waals surface area contributed by atoms with E-state index in [4.69, 9.17) is 4.74 Å². The summed E-state index contributed by atoms with van der Waals surface area (Å²) in [5, 5.41) is 21.1. The van der Waals surface area contributed by atoms with Crippen LogP contribution in [-0.4, -0.2) is 35.8 Å². The number of aliphatic hydroxyl groups excluding tert-OH is 1. The van der Waals surface area contributed by atoms with Crippen molar-refractivity contribution in [3.05, 3.63) is 28.3 Å². The highest BCUT2D eigenvalue weighted by molar-refractivity contribution is 5.70. The standard InChI is InChI=1S/C14H20N2O4/c1-2-9-20-13-7-3-6-12(14(13)16(18)19)15-8-4-5-11(17)10-15/h3,6-7,11,17H,2,4-5,8-10H2,1H3/t11-/m0/s1. The van der Waals surface area contributed by atoms with E-state index < -0.39 is 11.0 Å². The molecule has 0 saturated carbocycles. The number of hydrogen-bond donors (Lipinski definition) is 1. The van der Waals surface area contributed by atoms with Crippen molar-refractivity contribution in [2.45, 2.75) is 32.3 Å². The summed E-state index contributed by atoms with van der Waals surface area (Å²) in [7, 11) is 0. The summed E-state index contributed by atoms with van der Waals surface area (Å²) in [6.45, 7) is 3.55. The van der Waals surface area contributed by atoms with Crippen molar-refractivity contribution < 1.29 is 14.8 Å². The van der Waals surface area contributed by atoms with Gasteiger partial charge in [-0.25, -0.2) is 0 Å². The molecule has 110 valence electrons. The maximum atomic E-state index is 11.4. The Kier molecular flexibility index (Phi) is 4.79. The van der Waals surface area contributed by atoms with Gasteiger partial charge in [-0.05, 0) is 31.4 Å². The largest absolute Gasteiger partial charge is 0.487 e. The lowest BCUT2D eigenvalue weighted by molar-refractivity contribution is -0.385. The molecule has 20 heavy (non-hydrogen) atoms. The third-order valence-corrected chi connectivity index (χ3v) is 3.36. The number of hydrogen-bond acceptors (Lipinski definition) is 5. The highest BCUT2D eigenvalue weighted by Gasteiger charge is 2.27. The van der Waals surface area contributed by atoms with Crippen LogP contribution in [0.2, 0.25) is 0 Å². The summed E-state index contributed by atoms with van der Waals surface area (Å²) < 4.78 is 5.48. The fraction of sp³-hybridized carbons (Fsp3) is 0.571. The zero-order chi connectivity index (χ0) is 14.5. The molecule has 1 aromatic carbocycles. The molecule has 0 unspecified atom stereocenters. The molecule has 1 saturated heterocycles. The van der Waals surface area contributed by atoms with Crippen LogP contribution >= 0.6 is 0 Å². The molecule has 0 bridgehead atoms. The van der Waals surface area contributed by atoms with E-state index in [0.717, 1.165) is 25.8 Å². The van der Waals surface area contributed by atoms with Gasteiger partial charge in [0.25, 0.3) is 0 Å². The van der Waals surface area contributed by atoms with Crippen LogP contribution in [0.3, 0.4) is 0 Å². The summed E-state index contributed by atoms with van der Waals surface area (Å²) >= 11 is 0. The van der Waals surface area contributed by atoms with E-state index in [9.17, 15) is 15.2 Å². The van der Waals surface area contributed by atoms with E-state index in [1.54, 1.807) is 18.2 Å². The normalized spacial score (nSPS) is 18.9. The average molecular weight is 280 g/mol. The number of rotatable bonds is 5. The molecule has 1 atom stereocenters. The van der Waals surface area contributed by atoms with Crippen molar-refractivity contribution in [2.75, 3.05) is 24.6 Å². The van der Waals surface area contributed by atoms with Crippen LogP contribution in [0.4, 0.5) is 11.4 Å². The van der Waals surface area contributed by atoms with Crippen LogP contribution in [-0.2, 0) is 0 Å². The lowest BCUT2D eigenvalue weighted by Crippen LogP contribution is -2.38. The molecule has 0 aliphatic carbocycles. The lowest BCUT2D eigenvalue weighted by atomic mass is 10.1. The van der Waals surface area contributed by atoms with Gasteiger partial charge in [0.15, 0.2) is 5.75 Å². The molecule has 1 aliphatic heterocycles. The fourth-order valence-electron chi connectivity index (χ4n) is 2.45. The van der Waals surface area contributed by atoms with Gasteiger partial charge in [-0.2, -0.15) is 0 Å². The fourth-order valence-corrected chi connectivity index (χ4v) is 2.45. The minimum absolute atomic E-state index is 0.00458. The minimum atomic E-state index is -0.427. The second-order valence-corrected chi connectivity index (χ2v) is 4.97. The number of aliphatic hydroxyl groups is 1. The first-order chi connectivity index (χ1) is 9.63. The Morgan fingerprint density at radius 3 is 3.00 bits per heavy atom. The first kappa shape index (κ1) is 14.6. The van der Waals surface area contributed by atoms with Gasteiger partial charge in [0.1, 0.15) is 5.69 Å². The Morgan fingerprint density at radius 2 is 2.35 bits per heavy atom. The molecule has 0 amide bonds. The summed E-state index contributed by atoms with van der Waals surface area (Å²) in [5.74, 6) is 0.300. The molecule has 1 aromatic rings. The molecular formula is C14H20N2O4. The molecule has 0 radical (unpaired) electrons. The van der Waals surface area contributed by atoms with Crippen LogP contribution in [0.15, 0.2) is 18.2 Å². The smallest absolute Gasteiger partial charge is 0.333 e. The van der Waals surface area contributed by atoms with Gasteiger partial charge in [-0.15, -0.1) is 0 Å². The zero-order valence-corrected chi connectivity index (χ0v) is 11.6. The maximum absolute atomic E-state index is 11.4. The molecular weight excluding hydrogens is 260 g/mol. The first-order valence-electron chi connectivity index (χ1n) is 6.96. The zero-order valence-electron chi connectivity index (χ0n) is 11.6. The summed E-state index contributed by atoms with van der Waals surface area (Å²) in [6, 6.07) is 5.10. The Bertz CT molecular complexity index is 478. The number of benzene rings is 1. The van der Waals surface area contributed by atoms with Crippen LogP contribution in [0.25, 0.3) is 0 Å². The van der Waals surface area contributed by atoms with E-state index in [1.165, 1.54) is 0 Å². The molecule has 1 aliphatic rings. The van der Waals surface area contributed by atoms with Crippen LogP contribution < -0.4 is 9.64 Å². The molecule has 0 spiro atoms. The Balaban J connectivity index is 2.33. The topological polar surface area (TPSA) is 75.8 Å². The number of nitro groups is 1. The number of nitro benzene ring substituents is 1. The molecule has 6 nitrogen and oxygen atoms in total. The van der Waals surface area contributed by atoms with Gasteiger partial charge in [-0.3, -0.25) is 10.1 Å². The third-order valence-electron chi connectivity index (χ3n) is 3.36. The molecule has 6 heteroatoms. The third kappa shape index (κ3) is 3.19. The van der Waals surface area contributed by atoms with Crippen LogP contribution in [0.5, 0.6) is 5.75 Å². The van der Waals surface area contributed by atoms with E-state index in [1.807, 2.05) is 11.8 Å². The van der Waals surface area contributed by atoms with Crippen molar-refractivity contribution in [1.29, 1.82) is 0 Å². The molecule has 0 aromatic heterocycles. The van der Waals surface area contributed by atoms with Crippen molar-refractivity contribution in [3.63, 3.8) is 0 Å². The van der Waals surface area contributed by atoms with Gasteiger partial charge >= 0.3 is 5.69 Å². The monoisotopic (exact) mass is 280 g/mol. The maximum Gasteiger partial charge on any atom is 0.333 e. The van der Waals surface area contributed by atoms with Gasteiger partial charge in [-0.1, -0.05) is 13.0 Å². The summed E-state index contributed by atoms with van der Waals surface area (Å²) in [4.78, 5) is 12.8. The Labute approximate surface area is 118 Å². The number of anilines is 1. The molecule has 1 fully saturated rings. The van der Waals surface area contributed by atoms with Crippen molar-refractivity contribution in [3.8, 4) is 5.75 Å². The van der Waals surface area contributed by atoms with Gasteiger partial charge < -0.3 is 14.7 Å². The van der Waals surface area contributed by atoms with Crippen LogP contribution in [0.1, 0.15) is 26.2 Å². The van der Waals surface area contributed by atoms with E-state index in [-0.39, 0.29) is 5.69 Å². The summed E-state index contributed by atoms with van der Waals surface area (Å²) in [6.07, 6.45) is 1.95. The lowest BCUT2D eigenvalue weighted by Gasteiger charge is -2.31. The second kappa shape index (κ2) is 6.56. The molecule has 1 N–H and O–H groups in total. The van der Waals surface area contributed by atoms with Crippen molar-refractivity contribution >= 4 is 11.4 Å². The van der Waals surface area contributed by atoms with E-state index in [0.29, 0.717) is 24.6 Å². The van der Waals surface area contributed by atoms with Crippen LogP contribution in [0, 0.1) is 10.1 Å². The SMILES string of the molecule is CCCOc1cccc(N2CCC[C@H](O)C2)c1[N+](=O)[O-]. The Morgan fingerprint density at radius 1 is 1.55 bits per heavy atom. The number of nitrogens with zero attached hydrogens (tertiary/aromatic N) is 2. The molecule has 2 rings (SSSR count). The second-order valence-electron chi connectivity index (χ2n) is 4.97. The van der Waals surface area contributed by atoms with Gasteiger partial charge in [0.05, 0.1) is 17.6 Å². The predicted molar refractivity (Wildman–Crippen MR) is 76.3 cm³/mol. The number of para-hydroxylation sites is 1. The number of piperidine rings is 1. The predicted octanol–water partition coefficient (Wildman–Crippen LogP) is 2.34. The van der Waals surface area contributed by atoms with E-state index >= 15 is 0 Å². The highest BCUT2D eigenvalue weighted by atomic mass is 16.6. The average Bonchev–Trinajstić information content (AvgIpc) is 2.44. The van der Waals surface area contributed by atoms with E-state index in [2.05, 4.69) is 0 Å². The quantitative estimate of drug-likeness (QED) is 0.662.